The Morgan fingerprint density at radius 2 is 2.00 bits per heavy atom. The van der Waals surface area contributed by atoms with Gasteiger partial charge in [-0.25, -0.2) is 0 Å². The lowest BCUT2D eigenvalue weighted by molar-refractivity contribution is 0.307. The molecule has 1 aromatic heterocycles. The van der Waals surface area contributed by atoms with E-state index >= 15 is 0 Å². The van der Waals surface area contributed by atoms with Crippen molar-refractivity contribution in [1.29, 1.82) is 0 Å². The van der Waals surface area contributed by atoms with Gasteiger partial charge >= 0.3 is 0 Å². The zero-order chi connectivity index (χ0) is 21.0. The van der Waals surface area contributed by atoms with Crippen LogP contribution in [0.1, 0.15) is 59.8 Å². The summed E-state index contributed by atoms with van der Waals surface area (Å²) >= 11 is 1.72. The monoisotopic (exact) mass is 406 g/mol. The molecule has 0 radical (unpaired) electrons. The van der Waals surface area contributed by atoms with Crippen LogP contribution < -0.4 is 4.74 Å². The number of hydrogen-bond acceptors (Lipinski definition) is 2. The van der Waals surface area contributed by atoms with Gasteiger partial charge in [0, 0.05) is 5.41 Å². The summed E-state index contributed by atoms with van der Waals surface area (Å²) in [5.74, 6) is 7.34. The van der Waals surface area contributed by atoms with Gasteiger partial charge in [-0.2, -0.15) is 11.3 Å². The molecule has 29 heavy (non-hydrogen) atoms. The van der Waals surface area contributed by atoms with Crippen LogP contribution in [0.25, 0.3) is 11.1 Å². The highest BCUT2D eigenvalue weighted by Gasteiger charge is 2.02. The van der Waals surface area contributed by atoms with Crippen LogP contribution in [0.5, 0.6) is 5.75 Å². The molecule has 2 heteroatoms. The fraction of sp³-hybridized carbons (Fsp3) is 0.407. The van der Waals surface area contributed by atoms with Gasteiger partial charge in [0.15, 0.2) is 0 Å². The van der Waals surface area contributed by atoms with E-state index in [1.807, 2.05) is 12.1 Å². The zero-order valence-electron chi connectivity index (χ0n) is 18.3. The van der Waals surface area contributed by atoms with E-state index in [9.17, 15) is 0 Å². The molecular weight excluding hydrogens is 372 g/mol. The topological polar surface area (TPSA) is 9.23 Å². The predicted molar refractivity (Wildman–Crippen MR) is 128 cm³/mol. The standard InChI is InChI=1S/C27H34OS/c1-5-23(13-8-6-10-18-27(2,3)4)14-9-7-11-19-28-26-16-12-15-24(21-26)25-17-20-29-22-25/h6,8,12,14-17,20-22H,5,7,9,11,13,19H2,1-4H3/b8-6+,23-14-. The van der Waals surface area contributed by atoms with E-state index in [4.69, 9.17) is 4.74 Å². The summed E-state index contributed by atoms with van der Waals surface area (Å²) in [6.45, 7) is 9.40. The average molecular weight is 407 g/mol. The Morgan fingerprint density at radius 3 is 2.72 bits per heavy atom. The molecule has 2 rings (SSSR count). The molecule has 0 aliphatic carbocycles. The van der Waals surface area contributed by atoms with E-state index in [1.54, 1.807) is 11.3 Å². The summed E-state index contributed by atoms with van der Waals surface area (Å²) in [5.41, 5.74) is 4.04. The smallest absolute Gasteiger partial charge is 0.119 e. The molecule has 0 saturated carbocycles. The van der Waals surface area contributed by atoms with Gasteiger partial charge in [-0.1, -0.05) is 48.6 Å². The van der Waals surface area contributed by atoms with Crippen LogP contribution >= 0.6 is 11.3 Å². The minimum atomic E-state index is 0.0705. The third-order valence-corrected chi connectivity index (χ3v) is 5.15. The third kappa shape index (κ3) is 9.68. The maximum atomic E-state index is 5.95. The Balaban J connectivity index is 1.68. The molecule has 0 bridgehead atoms. The highest BCUT2D eigenvalue weighted by molar-refractivity contribution is 7.08. The number of allylic oxidation sites excluding steroid dienone is 4. The van der Waals surface area contributed by atoms with Crippen LogP contribution in [0.3, 0.4) is 0 Å². The number of rotatable bonds is 10. The number of unbranched alkanes of at least 4 members (excludes halogenated alkanes) is 2. The predicted octanol–water partition coefficient (Wildman–Crippen LogP) is 8.30. The molecule has 1 heterocycles. The molecule has 1 aromatic carbocycles. The van der Waals surface area contributed by atoms with Crippen molar-refractivity contribution in [2.24, 2.45) is 5.41 Å². The van der Waals surface area contributed by atoms with E-state index in [2.05, 4.69) is 86.7 Å². The first kappa shape index (κ1) is 23.0. The van der Waals surface area contributed by atoms with Crippen LogP contribution in [0.15, 0.2) is 64.9 Å². The molecule has 0 atom stereocenters. The molecule has 0 fully saturated rings. The van der Waals surface area contributed by atoms with Gasteiger partial charge in [-0.3, -0.25) is 0 Å². The number of hydrogen-bond donors (Lipinski definition) is 0. The largest absolute Gasteiger partial charge is 0.494 e. The van der Waals surface area contributed by atoms with Gasteiger partial charge in [0.05, 0.1) is 6.61 Å². The SMILES string of the molecule is CC/C(=C/CCCCOc1cccc(-c2ccsc2)c1)C/C=C/C#CC(C)(C)C. The fourth-order valence-electron chi connectivity index (χ4n) is 2.84. The second-order valence-corrected chi connectivity index (χ2v) is 9.01. The normalized spacial score (nSPS) is 12.1. The van der Waals surface area contributed by atoms with Crippen molar-refractivity contribution in [2.75, 3.05) is 6.61 Å². The first-order chi connectivity index (χ1) is 14.0. The minimum Gasteiger partial charge on any atom is -0.494 e. The van der Waals surface area contributed by atoms with Crippen LogP contribution in [0.4, 0.5) is 0 Å². The molecule has 154 valence electrons. The molecule has 0 aliphatic heterocycles. The molecule has 2 aromatic rings. The molecule has 0 aliphatic rings. The quantitative estimate of drug-likeness (QED) is 0.219. The average Bonchev–Trinajstić information content (AvgIpc) is 3.23. The van der Waals surface area contributed by atoms with Crippen molar-refractivity contribution in [3.63, 3.8) is 0 Å². The van der Waals surface area contributed by atoms with Gasteiger partial charge in [-0.05, 0) is 99.0 Å². The highest BCUT2D eigenvalue weighted by atomic mass is 32.1. The maximum Gasteiger partial charge on any atom is 0.119 e. The zero-order valence-corrected chi connectivity index (χ0v) is 19.1. The Kier molecular flexibility index (Phi) is 9.81. The fourth-order valence-corrected chi connectivity index (χ4v) is 3.50. The summed E-state index contributed by atoms with van der Waals surface area (Å²) < 4.78 is 5.95. The summed E-state index contributed by atoms with van der Waals surface area (Å²) in [4.78, 5) is 0. The van der Waals surface area contributed by atoms with Crippen molar-refractivity contribution in [3.05, 3.63) is 64.9 Å². The van der Waals surface area contributed by atoms with E-state index in [0.717, 1.165) is 44.5 Å². The lowest BCUT2D eigenvalue weighted by atomic mass is 9.98. The Bertz CT molecular complexity index is 839. The van der Waals surface area contributed by atoms with E-state index < -0.39 is 0 Å². The molecule has 0 amide bonds. The second-order valence-electron chi connectivity index (χ2n) is 8.23. The molecule has 0 N–H and O–H groups in total. The third-order valence-electron chi connectivity index (χ3n) is 4.47. The molecule has 0 unspecified atom stereocenters. The van der Waals surface area contributed by atoms with Crippen molar-refractivity contribution in [2.45, 2.75) is 59.8 Å². The number of benzene rings is 1. The molecule has 0 spiro atoms. The Morgan fingerprint density at radius 1 is 1.14 bits per heavy atom. The van der Waals surface area contributed by atoms with E-state index in [-0.39, 0.29) is 5.41 Å². The molecular formula is C27H34OS. The van der Waals surface area contributed by atoms with Gasteiger partial charge in [0.1, 0.15) is 5.75 Å². The van der Waals surface area contributed by atoms with Gasteiger partial charge in [0.2, 0.25) is 0 Å². The van der Waals surface area contributed by atoms with Crippen molar-refractivity contribution >= 4 is 11.3 Å². The van der Waals surface area contributed by atoms with Crippen LogP contribution in [0.2, 0.25) is 0 Å². The van der Waals surface area contributed by atoms with Gasteiger partial charge in [0.25, 0.3) is 0 Å². The van der Waals surface area contributed by atoms with Crippen LogP contribution in [-0.4, -0.2) is 6.61 Å². The number of thiophene rings is 1. The van der Waals surface area contributed by atoms with Crippen molar-refractivity contribution in [1.82, 2.24) is 0 Å². The first-order valence-corrected chi connectivity index (χ1v) is 11.5. The first-order valence-electron chi connectivity index (χ1n) is 10.6. The number of ether oxygens (including phenoxy) is 1. The highest BCUT2D eigenvalue weighted by Crippen LogP contribution is 2.25. The van der Waals surface area contributed by atoms with Gasteiger partial charge in [-0.15, -0.1) is 0 Å². The van der Waals surface area contributed by atoms with Crippen LogP contribution in [-0.2, 0) is 0 Å². The lowest BCUT2D eigenvalue weighted by Gasteiger charge is -2.07. The molecule has 1 nitrogen and oxygen atoms in total. The summed E-state index contributed by atoms with van der Waals surface area (Å²) in [6.07, 6.45) is 12.0. The summed E-state index contributed by atoms with van der Waals surface area (Å²) in [5, 5.41) is 4.28. The lowest BCUT2D eigenvalue weighted by Crippen LogP contribution is -1.98. The minimum absolute atomic E-state index is 0.0705. The van der Waals surface area contributed by atoms with E-state index in [0.29, 0.717) is 0 Å². The van der Waals surface area contributed by atoms with Crippen molar-refractivity contribution in [3.8, 4) is 28.7 Å². The van der Waals surface area contributed by atoms with Crippen molar-refractivity contribution < 1.29 is 4.74 Å². The van der Waals surface area contributed by atoms with Gasteiger partial charge < -0.3 is 4.74 Å². The summed E-state index contributed by atoms with van der Waals surface area (Å²) in [7, 11) is 0. The molecule has 0 saturated heterocycles. The Hall–Kier alpha value is -2.24. The summed E-state index contributed by atoms with van der Waals surface area (Å²) in [6, 6.07) is 10.5. The van der Waals surface area contributed by atoms with Crippen LogP contribution in [0, 0.1) is 17.3 Å². The Labute approximate surface area is 181 Å². The second kappa shape index (κ2) is 12.3. The maximum absolute atomic E-state index is 5.95. The van der Waals surface area contributed by atoms with E-state index in [1.165, 1.54) is 16.7 Å².